The third-order valence-electron chi connectivity index (χ3n) is 3.97. The SMILES string of the molecule is CCCNC1CC(C)(C)C1(C)C. The fourth-order valence-electron chi connectivity index (χ4n) is 2.01. The number of rotatable bonds is 3. The van der Waals surface area contributed by atoms with Gasteiger partial charge in [-0.05, 0) is 30.2 Å². The van der Waals surface area contributed by atoms with Crippen LogP contribution < -0.4 is 5.32 Å². The quantitative estimate of drug-likeness (QED) is 0.685. The van der Waals surface area contributed by atoms with Gasteiger partial charge in [-0.25, -0.2) is 0 Å². The normalized spacial score (nSPS) is 31.2. The van der Waals surface area contributed by atoms with Crippen molar-refractivity contribution in [2.75, 3.05) is 6.54 Å². The highest BCUT2D eigenvalue weighted by Crippen LogP contribution is 2.55. The van der Waals surface area contributed by atoms with Crippen LogP contribution >= 0.6 is 0 Å². The van der Waals surface area contributed by atoms with Gasteiger partial charge in [0, 0.05) is 6.04 Å². The molecule has 1 atom stereocenters. The average molecular weight is 169 g/mol. The van der Waals surface area contributed by atoms with Crippen LogP contribution in [0.4, 0.5) is 0 Å². The van der Waals surface area contributed by atoms with Gasteiger partial charge in [-0.1, -0.05) is 34.6 Å². The van der Waals surface area contributed by atoms with E-state index >= 15 is 0 Å². The minimum absolute atomic E-state index is 0.474. The standard InChI is InChI=1S/C11H23N/c1-6-7-12-9-8-10(2,3)11(9,4)5/h9,12H,6-8H2,1-5H3. The third-order valence-corrected chi connectivity index (χ3v) is 3.97. The van der Waals surface area contributed by atoms with Gasteiger partial charge in [0.05, 0.1) is 0 Å². The van der Waals surface area contributed by atoms with Gasteiger partial charge >= 0.3 is 0 Å². The summed E-state index contributed by atoms with van der Waals surface area (Å²) in [6.07, 6.45) is 2.58. The van der Waals surface area contributed by atoms with E-state index in [1.807, 2.05) is 0 Å². The smallest absolute Gasteiger partial charge is 0.0129 e. The molecule has 1 aliphatic carbocycles. The fourth-order valence-corrected chi connectivity index (χ4v) is 2.01. The molecule has 0 spiro atoms. The molecule has 0 bridgehead atoms. The number of hydrogen-bond acceptors (Lipinski definition) is 1. The van der Waals surface area contributed by atoms with Crippen LogP contribution in [-0.2, 0) is 0 Å². The van der Waals surface area contributed by atoms with E-state index in [1.165, 1.54) is 19.4 Å². The summed E-state index contributed by atoms with van der Waals surface area (Å²) in [5.74, 6) is 0. The third kappa shape index (κ3) is 1.39. The number of nitrogens with one attached hydrogen (secondary N) is 1. The van der Waals surface area contributed by atoms with Crippen LogP contribution in [0.5, 0.6) is 0 Å². The molecule has 1 rings (SSSR count). The molecule has 1 heteroatoms. The lowest BCUT2D eigenvalue weighted by Gasteiger charge is -2.59. The van der Waals surface area contributed by atoms with Crippen molar-refractivity contribution >= 4 is 0 Å². The van der Waals surface area contributed by atoms with Crippen LogP contribution in [-0.4, -0.2) is 12.6 Å². The first kappa shape index (κ1) is 10.0. The summed E-state index contributed by atoms with van der Waals surface area (Å²) in [6.45, 7) is 12.9. The second kappa shape index (κ2) is 3.02. The summed E-state index contributed by atoms with van der Waals surface area (Å²) < 4.78 is 0. The Bertz CT molecular complexity index is 158. The molecular formula is C11H23N. The first-order valence-corrected chi connectivity index (χ1v) is 5.15. The Morgan fingerprint density at radius 1 is 1.25 bits per heavy atom. The predicted molar refractivity (Wildman–Crippen MR) is 54.3 cm³/mol. The van der Waals surface area contributed by atoms with E-state index in [4.69, 9.17) is 0 Å². The fraction of sp³-hybridized carbons (Fsp3) is 1.00. The maximum absolute atomic E-state index is 3.61. The van der Waals surface area contributed by atoms with Crippen LogP contribution in [0.1, 0.15) is 47.5 Å². The van der Waals surface area contributed by atoms with E-state index in [2.05, 4.69) is 39.9 Å². The summed E-state index contributed by atoms with van der Waals surface area (Å²) in [7, 11) is 0. The van der Waals surface area contributed by atoms with Crippen LogP contribution in [0.2, 0.25) is 0 Å². The second-order valence-corrected chi connectivity index (χ2v) is 5.32. The Morgan fingerprint density at radius 3 is 2.17 bits per heavy atom. The highest BCUT2D eigenvalue weighted by Gasteiger charge is 2.53. The lowest BCUT2D eigenvalue weighted by molar-refractivity contribution is -0.0615. The molecule has 0 amide bonds. The summed E-state index contributed by atoms with van der Waals surface area (Å²) in [4.78, 5) is 0. The Morgan fingerprint density at radius 2 is 1.83 bits per heavy atom. The van der Waals surface area contributed by atoms with E-state index in [9.17, 15) is 0 Å². The van der Waals surface area contributed by atoms with Gasteiger partial charge < -0.3 is 5.32 Å². The molecule has 0 aromatic carbocycles. The highest BCUT2D eigenvalue weighted by molar-refractivity contribution is 5.06. The number of hydrogen-bond donors (Lipinski definition) is 1. The van der Waals surface area contributed by atoms with Gasteiger partial charge in [0.15, 0.2) is 0 Å². The van der Waals surface area contributed by atoms with Gasteiger partial charge in [0.2, 0.25) is 0 Å². The topological polar surface area (TPSA) is 12.0 Å². The lowest BCUT2D eigenvalue weighted by Crippen LogP contribution is -2.61. The van der Waals surface area contributed by atoms with Crippen molar-refractivity contribution in [2.45, 2.75) is 53.5 Å². The van der Waals surface area contributed by atoms with Crippen molar-refractivity contribution in [1.82, 2.24) is 5.32 Å². The van der Waals surface area contributed by atoms with Crippen molar-refractivity contribution in [2.24, 2.45) is 10.8 Å². The molecule has 0 saturated heterocycles. The first-order chi connectivity index (χ1) is 5.42. The molecule has 12 heavy (non-hydrogen) atoms. The van der Waals surface area contributed by atoms with Gasteiger partial charge in [0.25, 0.3) is 0 Å². The van der Waals surface area contributed by atoms with Crippen molar-refractivity contribution in [3.8, 4) is 0 Å². The summed E-state index contributed by atoms with van der Waals surface area (Å²) in [6, 6.07) is 0.743. The Labute approximate surface area is 76.9 Å². The Kier molecular flexibility index (Phi) is 2.53. The van der Waals surface area contributed by atoms with Crippen molar-refractivity contribution in [3.63, 3.8) is 0 Å². The van der Waals surface area contributed by atoms with Crippen LogP contribution in [0.3, 0.4) is 0 Å². The average Bonchev–Trinajstić information content (AvgIpc) is 1.97. The van der Waals surface area contributed by atoms with Crippen LogP contribution in [0, 0.1) is 10.8 Å². The monoisotopic (exact) mass is 169 g/mol. The molecule has 0 aromatic rings. The molecule has 1 fully saturated rings. The molecular weight excluding hydrogens is 146 g/mol. The Balaban J connectivity index is 2.43. The zero-order valence-corrected chi connectivity index (χ0v) is 9.20. The maximum Gasteiger partial charge on any atom is 0.0129 e. The van der Waals surface area contributed by atoms with Crippen LogP contribution in [0.25, 0.3) is 0 Å². The zero-order chi connectivity index (χ0) is 9.41. The maximum atomic E-state index is 3.61. The molecule has 0 aliphatic heterocycles. The van der Waals surface area contributed by atoms with Crippen molar-refractivity contribution < 1.29 is 0 Å². The van der Waals surface area contributed by atoms with Gasteiger partial charge in [-0.3, -0.25) is 0 Å². The molecule has 0 aromatic heterocycles. The Hall–Kier alpha value is -0.0400. The first-order valence-electron chi connectivity index (χ1n) is 5.15. The van der Waals surface area contributed by atoms with E-state index in [1.54, 1.807) is 0 Å². The van der Waals surface area contributed by atoms with Gasteiger partial charge in [-0.2, -0.15) is 0 Å². The minimum Gasteiger partial charge on any atom is -0.313 e. The molecule has 1 nitrogen and oxygen atoms in total. The minimum atomic E-state index is 0.474. The van der Waals surface area contributed by atoms with Gasteiger partial charge in [0.1, 0.15) is 0 Å². The van der Waals surface area contributed by atoms with E-state index in [0.29, 0.717) is 10.8 Å². The summed E-state index contributed by atoms with van der Waals surface area (Å²) in [5, 5.41) is 3.61. The molecule has 0 heterocycles. The van der Waals surface area contributed by atoms with E-state index in [-0.39, 0.29) is 0 Å². The molecule has 1 saturated carbocycles. The van der Waals surface area contributed by atoms with Crippen molar-refractivity contribution in [1.29, 1.82) is 0 Å². The summed E-state index contributed by atoms with van der Waals surface area (Å²) in [5.41, 5.74) is 1.00. The highest BCUT2D eigenvalue weighted by atomic mass is 15.0. The second-order valence-electron chi connectivity index (χ2n) is 5.32. The summed E-state index contributed by atoms with van der Waals surface area (Å²) >= 11 is 0. The van der Waals surface area contributed by atoms with E-state index < -0.39 is 0 Å². The lowest BCUT2D eigenvalue weighted by atomic mass is 9.50. The van der Waals surface area contributed by atoms with Crippen LogP contribution in [0.15, 0.2) is 0 Å². The van der Waals surface area contributed by atoms with Crippen molar-refractivity contribution in [3.05, 3.63) is 0 Å². The molecule has 0 radical (unpaired) electrons. The molecule has 1 N–H and O–H groups in total. The zero-order valence-electron chi connectivity index (χ0n) is 9.20. The molecule has 1 unspecified atom stereocenters. The largest absolute Gasteiger partial charge is 0.313 e. The van der Waals surface area contributed by atoms with E-state index in [0.717, 1.165) is 6.04 Å². The predicted octanol–water partition coefficient (Wildman–Crippen LogP) is 2.81. The molecule has 1 aliphatic rings. The molecule has 72 valence electrons. The van der Waals surface area contributed by atoms with Gasteiger partial charge in [-0.15, -0.1) is 0 Å².